The first-order valence-corrected chi connectivity index (χ1v) is 8.62. The predicted octanol–water partition coefficient (Wildman–Crippen LogP) is 2.87. The Labute approximate surface area is 150 Å². The zero-order valence-corrected chi connectivity index (χ0v) is 14.2. The van der Waals surface area contributed by atoms with E-state index in [9.17, 15) is 4.79 Å². The molecule has 1 atom stereocenters. The Morgan fingerprint density at radius 3 is 2.81 bits per heavy atom. The summed E-state index contributed by atoms with van der Waals surface area (Å²) in [5, 5.41) is 6.98. The molecular weight excluding hydrogens is 330 g/mol. The SMILES string of the molecule is O=C(Nc1cccc2cccnc12)c1cnc(NCC2CCCO2)nc1. The van der Waals surface area contributed by atoms with Crippen LogP contribution in [-0.2, 0) is 4.74 Å². The van der Waals surface area contributed by atoms with E-state index in [1.54, 1.807) is 6.20 Å². The molecule has 4 rings (SSSR count). The van der Waals surface area contributed by atoms with Gasteiger partial charge in [0.25, 0.3) is 5.91 Å². The summed E-state index contributed by atoms with van der Waals surface area (Å²) in [4.78, 5) is 25.2. The van der Waals surface area contributed by atoms with Crippen LogP contribution in [0, 0.1) is 0 Å². The molecule has 0 spiro atoms. The van der Waals surface area contributed by atoms with Crippen LogP contribution in [0.25, 0.3) is 10.9 Å². The molecule has 132 valence electrons. The molecule has 1 fully saturated rings. The number of benzene rings is 1. The number of nitrogens with one attached hydrogen (secondary N) is 2. The standard InChI is InChI=1S/C19H19N5O2/c25-18(24-16-7-1-4-13-5-2-8-20-17(13)16)14-10-21-19(22-11-14)23-12-15-6-3-9-26-15/h1-2,4-5,7-8,10-11,15H,3,6,9,12H2,(H,24,25)(H,21,22,23). The number of fused-ring (bicyclic) bond motifs is 1. The van der Waals surface area contributed by atoms with Crippen molar-refractivity contribution in [2.75, 3.05) is 23.8 Å². The van der Waals surface area contributed by atoms with Crippen LogP contribution in [0.2, 0.25) is 0 Å². The number of carbonyl (C=O) groups is 1. The van der Waals surface area contributed by atoms with Crippen molar-refractivity contribution in [3.63, 3.8) is 0 Å². The van der Waals surface area contributed by atoms with E-state index in [1.165, 1.54) is 12.4 Å². The van der Waals surface area contributed by atoms with E-state index in [0.717, 1.165) is 30.4 Å². The molecule has 2 N–H and O–H groups in total. The van der Waals surface area contributed by atoms with Crippen molar-refractivity contribution >= 4 is 28.4 Å². The molecule has 1 aliphatic rings. The third-order valence-electron chi connectivity index (χ3n) is 4.31. The van der Waals surface area contributed by atoms with Gasteiger partial charge in [-0.15, -0.1) is 0 Å². The van der Waals surface area contributed by atoms with Gasteiger partial charge in [0, 0.05) is 37.1 Å². The first kappa shape index (κ1) is 16.4. The minimum Gasteiger partial charge on any atom is -0.376 e. The van der Waals surface area contributed by atoms with Crippen molar-refractivity contribution in [2.24, 2.45) is 0 Å². The fourth-order valence-corrected chi connectivity index (χ4v) is 2.95. The van der Waals surface area contributed by atoms with Crippen LogP contribution in [0.5, 0.6) is 0 Å². The summed E-state index contributed by atoms with van der Waals surface area (Å²) in [6.45, 7) is 1.49. The first-order valence-electron chi connectivity index (χ1n) is 8.62. The summed E-state index contributed by atoms with van der Waals surface area (Å²) in [6.07, 6.45) is 7.08. The van der Waals surface area contributed by atoms with Gasteiger partial charge >= 0.3 is 0 Å². The minimum atomic E-state index is -0.270. The van der Waals surface area contributed by atoms with Gasteiger partial charge in [-0.05, 0) is 25.0 Å². The highest BCUT2D eigenvalue weighted by Crippen LogP contribution is 2.21. The summed E-state index contributed by atoms with van der Waals surface area (Å²) in [5.74, 6) is 0.220. The van der Waals surface area contributed by atoms with Crippen LogP contribution < -0.4 is 10.6 Å². The Balaban J connectivity index is 1.42. The second-order valence-electron chi connectivity index (χ2n) is 6.15. The number of carbonyl (C=O) groups excluding carboxylic acids is 1. The average Bonchev–Trinajstić information content (AvgIpc) is 3.21. The number of anilines is 2. The molecule has 2 aromatic heterocycles. The molecule has 1 unspecified atom stereocenters. The van der Waals surface area contributed by atoms with Crippen molar-refractivity contribution in [2.45, 2.75) is 18.9 Å². The van der Waals surface area contributed by atoms with Crippen LogP contribution in [0.4, 0.5) is 11.6 Å². The Hall–Kier alpha value is -3.06. The van der Waals surface area contributed by atoms with Crippen molar-refractivity contribution in [3.8, 4) is 0 Å². The smallest absolute Gasteiger partial charge is 0.258 e. The number of aromatic nitrogens is 3. The monoisotopic (exact) mass is 349 g/mol. The number of para-hydroxylation sites is 1. The Morgan fingerprint density at radius 1 is 1.15 bits per heavy atom. The maximum atomic E-state index is 12.5. The van der Waals surface area contributed by atoms with Gasteiger partial charge in [0.15, 0.2) is 0 Å². The highest BCUT2D eigenvalue weighted by atomic mass is 16.5. The molecule has 7 heteroatoms. The van der Waals surface area contributed by atoms with Crippen molar-refractivity contribution in [3.05, 3.63) is 54.5 Å². The first-order chi connectivity index (χ1) is 12.8. The number of nitrogens with zero attached hydrogens (tertiary/aromatic N) is 3. The second kappa shape index (κ2) is 7.45. The van der Waals surface area contributed by atoms with Gasteiger partial charge in [-0.2, -0.15) is 0 Å². The highest BCUT2D eigenvalue weighted by Gasteiger charge is 2.15. The van der Waals surface area contributed by atoms with E-state index in [0.29, 0.717) is 23.7 Å². The molecule has 3 aromatic rings. The maximum absolute atomic E-state index is 12.5. The van der Waals surface area contributed by atoms with Gasteiger partial charge in [0.2, 0.25) is 5.95 Å². The van der Waals surface area contributed by atoms with Crippen molar-refractivity contribution in [1.29, 1.82) is 0 Å². The van der Waals surface area contributed by atoms with Crippen LogP contribution in [0.3, 0.4) is 0 Å². The van der Waals surface area contributed by atoms with Crippen LogP contribution in [-0.4, -0.2) is 40.1 Å². The van der Waals surface area contributed by atoms with Gasteiger partial charge in [-0.1, -0.05) is 18.2 Å². The number of amides is 1. The Morgan fingerprint density at radius 2 is 2.00 bits per heavy atom. The minimum absolute atomic E-state index is 0.209. The van der Waals surface area contributed by atoms with Gasteiger partial charge in [-0.3, -0.25) is 9.78 Å². The molecule has 1 aromatic carbocycles. The fourth-order valence-electron chi connectivity index (χ4n) is 2.95. The molecular formula is C19H19N5O2. The van der Waals surface area contributed by atoms with Gasteiger partial charge < -0.3 is 15.4 Å². The molecule has 7 nitrogen and oxygen atoms in total. The molecule has 0 aliphatic carbocycles. The molecule has 0 bridgehead atoms. The normalized spacial score (nSPS) is 16.5. The number of rotatable bonds is 5. The third kappa shape index (κ3) is 3.62. The van der Waals surface area contributed by atoms with E-state index in [1.807, 2.05) is 30.3 Å². The lowest BCUT2D eigenvalue weighted by Crippen LogP contribution is -2.20. The quantitative estimate of drug-likeness (QED) is 0.736. The Kier molecular flexibility index (Phi) is 4.70. The van der Waals surface area contributed by atoms with Crippen LogP contribution in [0.15, 0.2) is 48.9 Å². The van der Waals surface area contributed by atoms with Crippen LogP contribution in [0.1, 0.15) is 23.2 Å². The van der Waals surface area contributed by atoms with E-state index in [2.05, 4.69) is 25.6 Å². The highest BCUT2D eigenvalue weighted by molar-refractivity contribution is 6.08. The molecule has 1 saturated heterocycles. The van der Waals surface area contributed by atoms with E-state index in [4.69, 9.17) is 4.74 Å². The number of pyridine rings is 1. The Bertz CT molecular complexity index is 902. The molecule has 1 aliphatic heterocycles. The van der Waals surface area contributed by atoms with Gasteiger partial charge in [-0.25, -0.2) is 9.97 Å². The van der Waals surface area contributed by atoms with Gasteiger partial charge in [0.1, 0.15) is 0 Å². The number of hydrogen-bond acceptors (Lipinski definition) is 6. The third-order valence-corrected chi connectivity index (χ3v) is 4.31. The molecule has 1 amide bonds. The molecule has 0 radical (unpaired) electrons. The van der Waals surface area contributed by atoms with E-state index in [-0.39, 0.29) is 12.0 Å². The van der Waals surface area contributed by atoms with Crippen molar-refractivity contribution in [1.82, 2.24) is 15.0 Å². The molecule has 3 heterocycles. The van der Waals surface area contributed by atoms with Crippen LogP contribution >= 0.6 is 0 Å². The number of hydrogen-bond donors (Lipinski definition) is 2. The second-order valence-corrected chi connectivity index (χ2v) is 6.15. The largest absolute Gasteiger partial charge is 0.376 e. The van der Waals surface area contributed by atoms with E-state index < -0.39 is 0 Å². The summed E-state index contributed by atoms with van der Waals surface area (Å²) in [5.41, 5.74) is 1.80. The lowest BCUT2D eigenvalue weighted by atomic mass is 10.2. The molecule has 0 saturated carbocycles. The van der Waals surface area contributed by atoms with E-state index >= 15 is 0 Å². The maximum Gasteiger partial charge on any atom is 0.258 e. The van der Waals surface area contributed by atoms with Crippen molar-refractivity contribution < 1.29 is 9.53 Å². The topological polar surface area (TPSA) is 89.0 Å². The lowest BCUT2D eigenvalue weighted by molar-refractivity contribution is 0.102. The molecule has 26 heavy (non-hydrogen) atoms. The summed E-state index contributed by atoms with van der Waals surface area (Å²) < 4.78 is 5.55. The predicted molar refractivity (Wildman–Crippen MR) is 99.2 cm³/mol. The summed E-state index contributed by atoms with van der Waals surface area (Å²) in [7, 11) is 0. The number of ether oxygens (including phenoxy) is 1. The zero-order valence-electron chi connectivity index (χ0n) is 14.2. The summed E-state index contributed by atoms with van der Waals surface area (Å²) in [6, 6.07) is 9.48. The summed E-state index contributed by atoms with van der Waals surface area (Å²) >= 11 is 0. The zero-order chi connectivity index (χ0) is 17.8. The average molecular weight is 349 g/mol. The fraction of sp³-hybridized carbons (Fsp3) is 0.263. The van der Waals surface area contributed by atoms with Gasteiger partial charge in [0.05, 0.1) is 22.9 Å². The lowest BCUT2D eigenvalue weighted by Gasteiger charge is -2.11.